The third-order valence-electron chi connectivity index (χ3n) is 4.11. The summed E-state index contributed by atoms with van der Waals surface area (Å²) in [4.78, 5) is 2.50. The number of benzene rings is 1. The first kappa shape index (κ1) is 13.4. The Bertz CT molecular complexity index is 536. The van der Waals surface area contributed by atoms with Gasteiger partial charge in [-0.3, -0.25) is 4.90 Å². The number of hydrogen-bond acceptors (Lipinski definition) is 3. The van der Waals surface area contributed by atoms with Gasteiger partial charge in [0, 0.05) is 12.6 Å². The maximum atomic E-state index is 5.52. The standard InChI is InChI=1S/C17H22N2O/c1-2-19(13-15-7-5-11-20-15)17-9-10-18-12-14-6-3-4-8-16(14)17/h3-8,11,17-18H,2,9-10,12-13H2,1H3. The summed E-state index contributed by atoms with van der Waals surface area (Å²) < 4.78 is 5.52. The van der Waals surface area contributed by atoms with Gasteiger partial charge in [-0.1, -0.05) is 31.2 Å². The van der Waals surface area contributed by atoms with Crippen molar-refractivity contribution in [2.45, 2.75) is 32.5 Å². The smallest absolute Gasteiger partial charge is 0.117 e. The fourth-order valence-corrected chi connectivity index (χ4v) is 3.06. The summed E-state index contributed by atoms with van der Waals surface area (Å²) in [6, 6.07) is 13.3. The predicted molar refractivity (Wildman–Crippen MR) is 80.3 cm³/mol. The maximum Gasteiger partial charge on any atom is 0.117 e. The first-order chi connectivity index (χ1) is 9.88. The molecule has 2 heterocycles. The van der Waals surface area contributed by atoms with Crippen molar-refractivity contribution in [3.05, 3.63) is 59.5 Å². The van der Waals surface area contributed by atoms with Crippen molar-refractivity contribution in [2.24, 2.45) is 0 Å². The molecular weight excluding hydrogens is 248 g/mol. The van der Waals surface area contributed by atoms with Crippen LogP contribution in [-0.2, 0) is 13.1 Å². The van der Waals surface area contributed by atoms with Crippen LogP contribution in [0.25, 0.3) is 0 Å². The summed E-state index contributed by atoms with van der Waals surface area (Å²) in [6.45, 7) is 6.17. The van der Waals surface area contributed by atoms with E-state index in [0.717, 1.165) is 38.4 Å². The lowest BCUT2D eigenvalue weighted by molar-refractivity contribution is 0.176. The van der Waals surface area contributed by atoms with Gasteiger partial charge in [0.1, 0.15) is 5.76 Å². The fraction of sp³-hybridized carbons (Fsp3) is 0.412. The summed E-state index contributed by atoms with van der Waals surface area (Å²) in [5.74, 6) is 1.04. The number of hydrogen-bond donors (Lipinski definition) is 1. The lowest BCUT2D eigenvalue weighted by atomic mass is 9.98. The molecule has 2 aromatic rings. The summed E-state index contributed by atoms with van der Waals surface area (Å²) >= 11 is 0. The number of fused-ring (bicyclic) bond motifs is 1. The summed E-state index contributed by atoms with van der Waals surface area (Å²) in [5, 5.41) is 3.52. The molecule has 1 aromatic carbocycles. The average Bonchev–Trinajstić information content (AvgIpc) is 2.90. The molecule has 1 aliphatic rings. The Morgan fingerprint density at radius 1 is 1.25 bits per heavy atom. The van der Waals surface area contributed by atoms with Gasteiger partial charge in [-0.05, 0) is 42.8 Å². The highest BCUT2D eigenvalue weighted by molar-refractivity contribution is 5.31. The lowest BCUT2D eigenvalue weighted by Crippen LogP contribution is -2.29. The maximum absolute atomic E-state index is 5.52. The minimum atomic E-state index is 0.469. The number of nitrogens with zero attached hydrogens (tertiary/aromatic N) is 1. The second-order valence-electron chi connectivity index (χ2n) is 5.32. The number of furan rings is 1. The van der Waals surface area contributed by atoms with E-state index in [1.807, 2.05) is 6.07 Å². The van der Waals surface area contributed by atoms with Crippen LogP contribution in [0.4, 0.5) is 0 Å². The lowest BCUT2D eigenvalue weighted by Gasteiger charge is -2.30. The van der Waals surface area contributed by atoms with Crippen molar-refractivity contribution < 1.29 is 4.42 Å². The Morgan fingerprint density at radius 2 is 2.15 bits per heavy atom. The van der Waals surface area contributed by atoms with E-state index in [2.05, 4.69) is 47.5 Å². The molecule has 0 saturated heterocycles. The molecule has 0 spiro atoms. The summed E-state index contributed by atoms with van der Waals surface area (Å²) in [7, 11) is 0. The minimum absolute atomic E-state index is 0.469. The average molecular weight is 270 g/mol. The van der Waals surface area contributed by atoms with Gasteiger partial charge in [-0.25, -0.2) is 0 Å². The zero-order valence-corrected chi connectivity index (χ0v) is 12.0. The highest BCUT2D eigenvalue weighted by Gasteiger charge is 2.23. The molecule has 0 saturated carbocycles. The van der Waals surface area contributed by atoms with E-state index >= 15 is 0 Å². The molecule has 20 heavy (non-hydrogen) atoms. The van der Waals surface area contributed by atoms with Crippen molar-refractivity contribution in [1.82, 2.24) is 10.2 Å². The summed E-state index contributed by atoms with van der Waals surface area (Å²) in [6.07, 6.45) is 2.90. The van der Waals surface area contributed by atoms with Gasteiger partial charge >= 0.3 is 0 Å². The molecule has 1 N–H and O–H groups in total. The van der Waals surface area contributed by atoms with Crippen molar-refractivity contribution in [3.63, 3.8) is 0 Å². The molecule has 0 radical (unpaired) electrons. The Hall–Kier alpha value is -1.58. The van der Waals surface area contributed by atoms with E-state index in [1.165, 1.54) is 11.1 Å². The summed E-state index contributed by atoms with van der Waals surface area (Å²) in [5.41, 5.74) is 2.89. The van der Waals surface area contributed by atoms with Gasteiger partial charge in [0.05, 0.1) is 12.8 Å². The molecule has 1 aliphatic heterocycles. The molecule has 0 amide bonds. The van der Waals surface area contributed by atoms with Crippen LogP contribution in [0.2, 0.25) is 0 Å². The van der Waals surface area contributed by atoms with Gasteiger partial charge in [0.15, 0.2) is 0 Å². The first-order valence-electron chi connectivity index (χ1n) is 7.43. The van der Waals surface area contributed by atoms with Crippen LogP contribution in [0.15, 0.2) is 47.1 Å². The van der Waals surface area contributed by atoms with Crippen molar-refractivity contribution in [2.75, 3.05) is 13.1 Å². The van der Waals surface area contributed by atoms with Crippen LogP contribution >= 0.6 is 0 Å². The van der Waals surface area contributed by atoms with Gasteiger partial charge in [0.2, 0.25) is 0 Å². The molecule has 0 bridgehead atoms. The molecular formula is C17H22N2O. The highest BCUT2D eigenvalue weighted by atomic mass is 16.3. The highest BCUT2D eigenvalue weighted by Crippen LogP contribution is 2.30. The van der Waals surface area contributed by atoms with Gasteiger partial charge < -0.3 is 9.73 Å². The molecule has 0 aliphatic carbocycles. The molecule has 106 valence electrons. The van der Waals surface area contributed by atoms with Crippen molar-refractivity contribution in [1.29, 1.82) is 0 Å². The molecule has 0 fully saturated rings. The monoisotopic (exact) mass is 270 g/mol. The molecule has 1 aromatic heterocycles. The van der Waals surface area contributed by atoms with Crippen LogP contribution in [-0.4, -0.2) is 18.0 Å². The predicted octanol–water partition coefficient (Wildman–Crippen LogP) is 3.34. The van der Waals surface area contributed by atoms with E-state index in [-0.39, 0.29) is 0 Å². The van der Waals surface area contributed by atoms with Crippen LogP contribution in [0.1, 0.15) is 36.3 Å². The van der Waals surface area contributed by atoms with Crippen molar-refractivity contribution >= 4 is 0 Å². The quantitative estimate of drug-likeness (QED) is 0.923. The second kappa shape index (κ2) is 6.25. The van der Waals surface area contributed by atoms with Crippen LogP contribution in [0, 0.1) is 0 Å². The number of rotatable bonds is 4. The second-order valence-corrected chi connectivity index (χ2v) is 5.32. The largest absolute Gasteiger partial charge is 0.468 e. The Labute approximate surface area is 120 Å². The molecule has 3 nitrogen and oxygen atoms in total. The van der Waals surface area contributed by atoms with Crippen molar-refractivity contribution in [3.8, 4) is 0 Å². The minimum Gasteiger partial charge on any atom is -0.468 e. The molecule has 3 heteroatoms. The van der Waals surface area contributed by atoms with Gasteiger partial charge in [0.25, 0.3) is 0 Å². The van der Waals surface area contributed by atoms with E-state index in [0.29, 0.717) is 6.04 Å². The molecule has 3 rings (SSSR count). The fourth-order valence-electron chi connectivity index (χ4n) is 3.06. The molecule has 1 atom stereocenters. The Morgan fingerprint density at radius 3 is 2.95 bits per heavy atom. The van der Waals surface area contributed by atoms with Crippen LogP contribution in [0.3, 0.4) is 0 Å². The normalized spacial score (nSPS) is 18.8. The van der Waals surface area contributed by atoms with E-state index in [4.69, 9.17) is 4.42 Å². The zero-order chi connectivity index (χ0) is 13.8. The number of nitrogens with one attached hydrogen (secondary N) is 1. The third-order valence-corrected chi connectivity index (χ3v) is 4.11. The Kier molecular flexibility index (Phi) is 4.19. The van der Waals surface area contributed by atoms with Gasteiger partial charge in [-0.15, -0.1) is 0 Å². The first-order valence-corrected chi connectivity index (χ1v) is 7.43. The zero-order valence-electron chi connectivity index (χ0n) is 12.0. The van der Waals surface area contributed by atoms with E-state index in [1.54, 1.807) is 6.26 Å². The van der Waals surface area contributed by atoms with Crippen LogP contribution in [0.5, 0.6) is 0 Å². The van der Waals surface area contributed by atoms with E-state index < -0.39 is 0 Å². The SMILES string of the molecule is CCN(Cc1ccco1)C1CCNCc2ccccc21. The topological polar surface area (TPSA) is 28.4 Å². The van der Waals surface area contributed by atoms with Crippen LogP contribution < -0.4 is 5.32 Å². The Balaban J connectivity index is 1.86. The van der Waals surface area contributed by atoms with Gasteiger partial charge in [-0.2, -0.15) is 0 Å². The van der Waals surface area contributed by atoms with E-state index in [9.17, 15) is 0 Å². The molecule has 1 unspecified atom stereocenters. The third kappa shape index (κ3) is 2.79.